The Hall–Kier alpha value is -1.40. The number of aliphatic hydroxyl groups excluding tert-OH is 1. The van der Waals surface area contributed by atoms with Crippen molar-refractivity contribution in [2.45, 2.75) is 64.4 Å². The van der Waals surface area contributed by atoms with Gasteiger partial charge in [0.1, 0.15) is 0 Å². The van der Waals surface area contributed by atoms with Gasteiger partial charge in [0.05, 0.1) is 12.2 Å². The highest BCUT2D eigenvalue weighted by Gasteiger charge is 2.45. The molecule has 0 spiro atoms. The predicted molar refractivity (Wildman–Crippen MR) is 74.8 cm³/mol. The summed E-state index contributed by atoms with van der Waals surface area (Å²) in [4.78, 5) is 26.1. The number of hydrogen-bond donors (Lipinski definition) is 2. The van der Waals surface area contributed by atoms with Gasteiger partial charge >= 0.3 is 5.69 Å². The molecule has 1 aromatic heterocycles. The van der Waals surface area contributed by atoms with Crippen LogP contribution < -0.4 is 11.2 Å². The molecule has 0 unspecified atom stereocenters. The molecule has 2 rings (SSSR count). The van der Waals surface area contributed by atoms with E-state index in [1.54, 1.807) is 13.1 Å². The van der Waals surface area contributed by atoms with Crippen molar-refractivity contribution in [2.75, 3.05) is 0 Å². The molecule has 20 heavy (non-hydrogen) atoms. The summed E-state index contributed by atoms with van der Waals surface area (Å²) in [7, 11) is 0. The summed E-state index contributed by atoms with van der Waals surface area (Å²) >= 11 is 0. The molecule has 1 fully saturated rings. The highest BCUT2D eigenvalue weighted by atomic mass is 16.5. The fourth-order valence-electron chi connectivity index (χ4n) is 2.86. The SMILES string of the molecule is CCC[C@]1(n2cc(CC)c(=O)[nH]c2=O)C[C@H](O)[C@@H](C)O1. The summed E-state index contributed by atoms with van der Waals surface area (Å²) in [5.74, 6) is 0. The normalized spacial score (nSPS) is 29.8. The zero-order chi connectivity index (χ0) is 14.9. The first-order valence-corrected chi connectivity index (χ1v) is 7.14. The first-order valence-electron chi connectivity index (χ1n) is 7.14. The van der Waals surface area contributed by atoms with Gasteiger partial charge in [0.2, 0.25) is 0 Å². The Morgan fingerprint density at radius 3 is 2.70 bits per heavy atom. The molecule has 1 aliphatic heterocycles. The highest BCUT2D eigenvalue weighted by Crippen LogP contribution is 2.37. The first kappa shape index (κ1) is 15.0. The van der Waals surface area contributed by atoms with Crippen LogP contribution in [0.25, 0.3) is 0 Å². The number of aromatic amines is 1. The van der Waals surface area contributed by atoms with Crippen molar-refractivity contribution in [2.24, 2.45) is 0 Å². The van der Waals surface area contributed by atoms with E-state index in [4.69, 9.17) is 4.74 Å². The number of hydrogen-bond acceptors (Lipinski definition) is 4. The van der Waals surface area contributed by atoms with Crippen LogP contribution in [0.2, 0.25) is 0 Å². The summed E-state index contributed by atoms with van der Waals surface area (Å²) in [6, 6.07) is 0. The Morgan fingerprint density at radius 2 is 2.20 bits per heavy atom. The third-order valence-corrected chi connectivity index (χ3v) is 3.95. The molecule has 1 aromatic rings. The molecule has 6 heteroatoms. The minimum absolute atomic E-state index is 0.328. The Balaban J connectivity index is 2.56. The molecule has 0 amide bonds. The number of H-pyrrole nitrogens is 1. The standard InChI is InChI=1S/C14H22N2O4/c1-4-6-14(7-11(17)9(3)20-14)16-8-10(5-2)12(18)15-13(16)19/h8-9,11,17H,4-7H2,1-3H3,(H,15,18,19)/t9-,11+,14-/m1/s1. The van der Waals surface area contributed by atoms with Crippen molar-refractivity contribution in [3.8, 4) is 0 Å². The maximum absolute atomic E-state index is 12.1. The number of rotatable bonds is 4. The molecule has 112 valence electrons. The van der Waals surface area contributed by atoms with Gasteiger partial charge in [-0.3, -0.25) is 14.3 Å². The maximum atomic E-state index is 12.1. The zero-order valence-electron chi connectivity index (χ0n) is 12.2. The zero-order valence-corrected chi connectivity index (χ0v) is 12.2. The van der Waals surface area contributed by atoms with E-state index in [-0.39, 0.29) is 11.7 Å². The topological polar surface area (TPSA) is 84.3 Å². The van der Waals surface area contributed by atoms with Crippen LogP contribution in [-0.4, -0.2) is 26.9 Å². The van der Waals surface area contributed by atoms with Crippen LogP contribution in [0.4, 0.5) is 0 Å². The van der Waals surface area contributed by atoms with Crippen LogP contribution >= 0.6 is 0 Å². The monoisotopic (exact) mass is 282 g/mol. The minimum Gasteiger partial charge on any atom is -0.390 e. The number of nitrogens with one attached hydrogen (secondary N) is 1. The minimum atomic E-state index is -0.862. The van der Waals surface area contributed by atoms with Gasteiger partial charge in [-0.25, -0.2) is 4.79 Å². The van der Waals surface area contributed by atoms with Gasteiger partial charge < -0.3 is 9.84 Å². The van der Waals surface area contributed by atoms with Crippen molar-refractivity contribution < 1.29 is 9.84 Å². The quantitative estimate of drug-likeness (QED) is 0.852. The molecule has 3 atom stereocenters. The lowest BCUT2D eigenvalue weighted by atomic mass is 10.0. The lowest BCUT2D eigenvalue weighted by Gasteiger charge is -2.31. The second-order valence-electron chi connectivity index (χ2n) is 5.43. The van der Waals surface area contributed by atoms with Crippen molar-refractivity contribution >= 4 is 0 Å². The summed E-state index contributed by atoms with van der Waals surface area (Å²) < 4.78 is 7.35. The highest BCUT2D eigenvalue weighted by molar-refractivity contribution is 5.06. The third-order valence-electron chi connectivity index (χ3n) is 3.95. The number of ether oxygens (including phenoxy) is 1. The molecule has 0 saturated carbocycles. The molecular formula is C14H22N2O4. The van der Waals surface area contributed by atoms with E-state index < -0.39 is 17.5 Å². The van der Waals surface area contributed by atoms with E-state index in [1.165, 1.54) is 4.57 Å². The fourth-order valence-corrected chi connectivity index (χ4v) is 2.86. The number of aromatic nitrogens is 2. The van der Waals surface area contributed by atoms with Gasteiger partial charge in [0.15, 0.2) is 5.72 Å². The first-order chi connectivity index (χ1) is 9.43. The van der Waals surface area contributed by atoms with E-state index in [2.05, 4.69) is 4.98 Å². The van der Waals surface area contributed by atoms with Gasteiger partial charge in [-0.1, -0.05) is 20.3 Å². The smallest absolute Gasteiger partial charge is 0.330 e. The van der Waals surface area contributed by atoms with Gasteiger partial charge in [0.25, 0.3) is 5.56 Å². The van der Waals surface area contributed by atoms with Gasteiger partial charge in [-0.2, -0.15) is 0 Å². The van der Waals surface area contributed by atoms with Crippen LogP contribution in [0.3, 0.4) is 0 Å². The summed E-state index contributed by atoms with van der Waals surface area (Å²) in [5.41, 5.74) is -1.16. The summed E-state index contributed by atoms with van der Waals surface area (Å²) in [5, 5.41) is 9.98. The fraction of sp³-hybridized carbons (Fsp3) is 0.714. The van der Waals surface area contributed by atoms with E-state index >= 15 is 0 Å². The molecule has 2 N–H and O–H groups in total. The Labute approximate surface area is 117 Å². The van der Waals surface area contributed by atoms with Crippen LogP contribution in [0, 0.1) is 0 Å². The largest absolute Gasteiger partial charge is 0.390 e. The third kappa shape index (κ3) is 2.45. The van der Waals surface area contributed by atoms with Crippen LogP contribution in [0.5, 0.6) is 0 Å². The van der Waals surface area contributed by atoms with Gasteiger partial charge in [0, 0.05) is 18.2 Å². The Kier molecular flexibility index (Phi) is 4.15. The molecule has 1 saturated heterocycles. The second kappa shape index (κ2) is 5.54. The molecule has 0 radical (unpaired) electrons. The molecule has 0 aliphatic carbocycles. The van der Waals surface area contributed by atoms with E-state index in [0.29, 0.717) is 24.8 Å². The summed E-state index contributed by atoms with van der Waals surface area (Å²) in [6.07, 6.45) is 2.96. The van der Waals surface area contributed by atoms with Crippen molar-refractivity contribution in [1.82, 2.24) is 9.55 Å². The Bertz CT molecular complexity index is 580. The molecule has 0 aromatic carbocycles. The average molecular weight is 282 g/mol. The van der Waals surface area contributed by atoms with Gasteiger partial charge in [-0.05, 0) is 19.8 Å². The lowest BCUT2D eigenvalue weighted by molar-refractivity contribution is -0.106. The van der Waals surface area contributed by atoms with E-state index in [1.807, 2.05) is 13.8 Å². The van der Waals surface area contributed by atoms with Crippen LogP contribution in [-0.2, 0) is 16.9 Å². The van der Waals surface area contributed by atoms with Gasteiger partial charge in [-0.15, -0.1) is 0 Å². The average Bonchev–Trinajstić information content (AvgIpc) is 2.66. The van der Waals surface area contributed by atoms with Crippen LogP contribution in [0.15, 0.2) is 15.8 Å². The van der Waals surface area contributed by atoms with Crippen molar-refractivity contribution in [1.29, 1.82) is 0 Å². The van der Waals surface area contributed by atoms with E-state index in [9.17, 15) is 14.7 Å². The van der Waals surface area contributed by atoms with Crippen LogP contribution in [0.1, 0.15) is 45.6 Å². The second-order valence-corrected chi connectivity index (χ2v) is 5.43. The molecule has 6 nitrogen and oxygen atoms in total. The molecular weight excluding hydrogens is 260 g/mol. The van der Waals surface area contributed by atoms with Crippen molar-refractivity contribution in [3.05, 3.63) is 32.6 Å². The maximum Gasteiger partial charge on any atom is 0.330 e. The predicted octanol–water partition coefficient (Wildman–Crippen LogP) is 0.722. The number of aliphatic hydroxyl groups is 1. The van der Waals surface area contributed by atoms with Crippen molar-refractivity contribution in [3.63, 3.8) is 0 Å². The molecule has 0 bridgehead atoms. The number of aryl methyl sites for hydroxylation is 1. The Morgan fingerprint density at radius 1 is 1.50 bits per heavy atom. The summed E-state index contributed by atoms with van der Waals surface area (Å²) in [6.45, 7) is 5.65. The van der Waals surface area contributed by atoms with E-state index in [0.717, 1.165) is 6.42 Å². The molecule has 2 heterocycles. The lowest BCUT2D eigenvalue weighted by Crippen LogP contribution is -2.45. The number of nitrogens with zero attached hydrogens (tertiary/aromatic N) is 1. The molecule has 1 aliphatic rings.